The maximum atomic E-state index is 12.3. The van der Waals surface area contributed by atoms with Gasteiger partial charge in [0.05, 0.1) is 5.52 Å². The molecule has 21 heavy (non-hydrogen) atoms. The number of para-hydroxylation sites is 2. The molecule has 2 heterocycles. The van der Waals surface area contributed by atoms with Crippen molar-refractivity contribution in [1.29, 1.82) is 0 Å². The highest BCUT2D eigenvalue weighted by molar-refractivity contribution is 5.94. The van der Waals surface area contributed by atoms with Crippen molar-refractivity contribution in [3.8, 4) is 0 Å². The third-order valence-corrected chi connectivity index (χ3v) is 3.23. The first kappa shape index (κ1) is 13.1. The van der Waals surface area contributed by atoms with Crippen LogP contribution in [0, 0.1) is 0 Å². The molecule has 0 radical (unpaired) electrons. The molecule has 0 aliphatic heterocycles. The summed E-state index contributed by atoms with van der Waals surface area (Å²) in [6.07, 6.45) is 3.17. The van der Waals surface area contributed by atoms with Gasteiger partial charge in [-0.3, -0.25) is 14.3 Å². The standard InChI is InChI=1S/C15H13N3O3/c1-10(14(19)17-11-6-8-16-9-7-11)18-12-4-2-3-5-13(12)21-15(18)20/h2-10H,1H3,(H,16,17,19). The number of oxazole rings is 1. The Morgan fingerprint density at radius 3 is 2.71 bits per heavy atom. The average molecular weight is 283 g/mol. The van der Waals surface area contributed by atoms with E-state index in [4.69, 9.17) is 4.42 Å². The van der Waals surface area contributed by atoms with Crippen molar-refractivity contribution >= 4 is 22.7 Å². The predicted octanol–water partition coefficient (Wildman–Crippen LogP) is 2.19. The number of aromatic nitrogens is 2. The molecule has 6 heteroatoms. The number of pyridine rings is 1. The molecule has 0 saturated carbocycles. The Kier molecular flexibility index (Phi) is 3.27. The van der Waals surface area contributed by atoms with Gasteiger partial charge in [-0.15, -0.1) is 0 Å². The molecule has 0 aliphatic carbocycles. The molecule has 0 spiro atoms. The van der Waals surface area contributed by atoms with Gasteiger partial charge in [0.1, 0.15) is 6.04 Å². The van der Waals surface area contributed by atoms with Crippen LogP contribution in [0.1, 0.15) is 13.0 Å². The number of anilines is 1. The summed E-state index contributed by atoms with van der Waals surface area (Å²) in [6, 6.07) is 9.69. The summed E-state index contributed by atoms with van der Waals surface area (Å²) in [5, 5.41) is 2.74. The lowest BCUT2D eigenvalue weighted by atomic mass is 10.2. The topological polar surface area (TPSA) is 77.1 Å². The Hall–Kier alpha value is -2.89. The van der Waals surface area contributed by atoms with Crippen molar-refractivity contribution in [3.63, 3.8) is 0 Å². The predicted molar refractivity (Wildman–Crippen MR) is 78.1 cm³/mol. The zero-order chi connectivity index (χ0) is 14.8. The van der Waals surface area contributed by atoms with E-state index in [2.05, 4.69) is 10.3 Å². The van der Waals surface area contributed by atoms with E-state index in [1.54, 1.807) is 55.7 Å². The lowest BCUT2D eigenvalue weighted by Gasteiger charge is -2.12. The van der Waals surface area contributed by atoms with Gasteiger partial charge in [0.15, 0.2) is 5.58 Å². The summed E-state index contributed by atoms with van der Waals surface area (Å²) >= 11 is 0. The molecular weight excluding hydrogens is 270 g/mol. The SMILES string of the molecule is CC(C(=O)Nc1ccncc1)n1c(=O)oc2ccccc21. The summed E-state index contributed by atoms with van der Waals surface area (Å²) in [5.74, 6) is -0.844. The monoisotopic (exact) mass is 283 g/mol. The van der Waals surface area contributed by atoms with E-state index in [0.29, 0.717) is 16.8 Å². The van der Waals surface area contributed by atoms with Crippen molar-refractivity contribution in [3.05, 3.63) is 59.3 Å². The number of fused-ring (bicyclic) bond motifs is 1. The largest absolute Gasteiger partial charge is 0.420 e. The molecule has 1 N–H and O–H groups in total. The molecule has 106 valence electrons. The minimum atomic E-state index is -0.686. The lowest BCUT2D eigenvalue weighted by Crippen LogP contribution is -2.29. The van der Waals surface area contributed by atoms with Gasteiger partial charge in [0.2, 0.25) is 5.91 Å². The first-order valence-electron chi connectivity index (χ1n) is 6.48. The summed E-state index contributed by atoms with van der Waals surface area (Å²) < 4.78 is 6.48. The van der Waals surface area contributed by atoms with Crippen molar-refractivity contribution in [2.24, 2.45) is 0 Å². The van der Waals surface area contributed by atoms with Crippen LogP contribution in [0.25, 0.3) is 11.1 Å². The number of nitrogens with zero attached hydrogens (tertiary/aromatic N) is 2. The Morgan fingerprint density at radius 1 is 1.24 bits per heavy atom. The number of carbonyl (C=O) groups is 1. The normalized spacial score (nSPS) is 12.2. The fourth-order valence-corrected chi connectivity index (χ4v) is 2.15. The van der Waals surface area contributed by atoms with Crippen LogP contribution in [-0.2, 0) is 4.79 Å². The first-order chi connectivity index (χ1) is 10.2. The van der Waals surface area contributed by atoms with Gasteiger partial charge in [-0.2, -0.15) is 0 Å². The van der Waals surface area contributed by atoms with Crippen LogP contribution in [0.3, 0.4) is 0 Å². The second-order valence-electron chi connectivity index (χ2n) is 4.61. The Balaban J connectivity index is 1.93. The summed E-state index contributed by atoms with van der Waals surface area (Å²) in [4.78, 5) is 28.1. The zero-order valence-corrected chi connectivity index (χ0v) is 11.3. The number of carbonyl (C=O) groups excluding carboxylic acids is 1. The van der Waals surface area contributed by atoms with Crippen molar-refractivity contribution in [2.45, 2.75) is 13.0 Å². The quantitative estimate of drug-likeness (QED) is 0.799. The summed E-state index contributed by atoms with van der Waals surface area (Å²) in [7, 11) is 0. The van der Waals surface area contributed by atoms with Crippen LogP contribution in [0.15, 0.2) is 58.0 Å². The fraction of sp³-hybridized carbons (Fsp3) is 0.133. The van der Waals surface area contributed by atoms with Crippen molar-refractivity contribution in [2.75, 3.05) is 5.32 Å². The number of hydrogen-bond donors (Lipinski definition) is 1. The van der Waals surface area contributed by atoms with Crippen LogP contribution in [0.4, 0.5) is 5.69 Å². The van der Waals surface area contributed by atoms with E-state index < -0.39 is 11.8 Å². The molecule has 3 rings (SSSR count). The van der Waals surface area contributed by atoms with E-state index in [0.717, 1.165) is 0 Å². The third-order valence-electron chi connectivity index (χ3n) is 3.23. The van der Waals surface area contributed by atoms with E-state index in [1.165, 1.54) is 4.57 Å². The van der Waals surface area contributed by atoms with Crippen LogP contribution >= 0.6 is 0 Å². The van der Waals surface area contributed by atoms with E-state index in [1.807, 2.05) is 0 Å². The van der Waals surface area contributed by atoms with Crippen LogP contribution < -0.4 is 11.1 Å². The smallest absolute Gasteiger partial charge is 0.408 e. The number of hydrogen-bond acceptors (Lipinski definition) is 4. The number of benzene rings is 1. The van der Waals surface area contributed by atoms with Gasteiger partial charge in [-0.25, -0.2) is 4.79 Å². The minimum Gasteiger partial charge on any atom is -0.408 e. The second kappa shape index (κ2) is 5.24. The van der Waals surface area contributed by atoms with E-state index in [9.17, 15) is 9.59 Å². The zero-order valence-electron chi connectivity index (χ0n) is 11.3. The fourth-order valence-electron chi connectivity index (χ4n) is 2.15. The van der Waals surface area contributed by atoms with E-state index in [-0.39, 0.29) is 5.91 Å². The van der Waals surface area contributed by atoms with Crippen LogP contribution in [0.5, 0.6) is 0 Å². The van der Waals surface area contributed by atoms with Crippen molar-refractivity contribution < 1.29 is 9.21 Å². The van der Waals surface area contributed by atoms with Crippen molar-refractivity contribution in [1.82, 2.24) is 9.55 Å². The van der Waals surface area contributed by atoms with E-state index >= 15 is 0 Å². The number of nitrogens with one attached hydrogen (secondary N) is 1. The number of rotatable bonds is 3. The van der Waals surface area contributed by atoms with Crippen LogP contribution in [0.2, 0.25) is 0 Å². The minimum absolute atomic E-state index is 0.296. The highest BCUT2D eigenvalue weighted by Gasteiger charge is 2.21. The Morgan fingerprint density at radius 2 is 1.95 bits per heavy atom. The Labute approximate surface area is 120 Å². The van der Waals surface area contributed by atoms with Gasteiger partial charge < -0.3 is 9.73 Å². The molecule has 0 saturated heterocycles. The summed E-state index contributed by atoms with van der Waals surface area (Å²) in [6.45, 7) is 1.65. The molecule has 3 aromatic rings. The molecular formula is C15H13N3O3. The van der Waals surface area contributed by atoms with Gasteiger partial charge in [0.25, 0.3) is 0 Å². The molecule has 1 unspecified atom stereocenters. The average Bonchev–Trinajstić information content (AvgIpc) is 2.83. The molecule has 6 nitrogen and oxygen atoms in total. The lowest BCUT2D eigenvalue weighted by molar-refractivity contribution is -0.118. The van der Waals surface area contributed by atoms with Gasteiger partial charge in [-0.1, -0.05) is 12.1 Å². The van der Waals surface area contributed by atoms with Gasteiger partial charge in [-0.05, 0) is 31.2 Å². The molecule has 2 aromatic heterocycles. The highest BCUT2D eigenvalue weighted by Crippen LogP contribution is 2.17. The molecule has 0 aliphatic rings. The molecule has 0 bridgehead atoms. The van der Waals surface area contributed by atoms with Gasteiger partial charge in [0, 0.05) is 18.1 Å². The Bertz CT molecular complexity index is 836. The second-order valence-corrected chi connectivity index (χ2v) is 4.61. The maximum Gasteiger partial charge on any atom is 0.420 e. The molecule has 0 fully saturated rings. The summed E-state index contributed by atoms with van der Waals surface area (Å²) in [5.41, 5.74) is 1.69. The highest BCUT2D eigenvalue weighted by atomic mass is 16.4. The molecule has 1 aromatic carbocycles. The maximum absolute atomic E-state index is 12.3. The third kappa shape index (κ3) is 2.43. The number of amides is 1. The first-order valence-corrected chi connectivity index (χ1v) is 6.48. The molecule has 1 atom stereocenters. The molecule has 1 amide bonds. The van der Waals surface area contributed by atoms with Gasteiger partial charge >= 0.3 is 5.76 Å². The van der Waals surface area contributed by atoms with Crippen LogP contribution in [-0.4, -0.2) is 15.5 Å².